The summed E-state index contributed by atoms with van der Waals surface area (Å²) in [4.78, 5) is 12.6. The van der Waals surface area contributed by atoms with E-state index in [1.54, 1.807) is 47.3 Å². The zero-order valence-electron chi connectivity index (χ0n) is 15.0. The van der Waals surface area contributed by atoms with Crippen molar-refractivity contribution < 1.29 is 14.3 Å². The van der Waals surface area contributed by atoms with E-state index in [0.717, 1.165) is 0 Å². The minimum atomic E-state index is -0.414. The van der Waals surface area contributed by atoms with Gasteiger partial charge in [-0.3, -0.25) is 9.48 Å². The van der Waals surface area contributed by atoms with Crippen LogP contribution in [-0.2, 0) is 6.54 Å². The summed E-state index contributed by atoms with van der Waals surface area (Å²) >= 11 is 18.6. The first kappa shape index (κ1) is 20.3. The van der Waals surface area contributed by atoms with Crippen molar-refractivity contribution in [3.05, 3.63) is 68.8 Å². The summed E-state index contributed by atoms with van der Waals surface area (Å²) in [5, 5.41) is 8.32. The lowest BCUT2D eigenvalue weighted by Crippen LogP contribution is -2.14. The number of carbonyl (C=O) groups is 1. The molecule has 1 aromatic heterocycles. The highest BCUT2D eigenvalue weighted by Gasteiger charge is 2.17. The molecule has 0 spiro atoms. The number of halogens is 3. The Morgan fingerprint density at radius 3 is 2.43 bits per heavy atom. The summed E-state index contributed by atoms with van der Waals surface area (Å²) in [6, 6.07) is 10.1. The lowest BCUT2D eigenvalue weighted by Gasteiger charge is -2.10. The van der Waals surface area contributed by atoms with Gasteiger partial charge in [0.05, 0.1) is 26.3 Å². The molecule has 0 bridgehead atoms. The fourth-order valence-corrected chi connectivity index (χ4v) is 3.28. The fourth-order valence-electron chi connectivity index (χ4n) is 2.57. The number of ether oxygens (including phenoxy) is 2. The van der Waals surface area contributed by atoms with E-state index in [-0.39, 0.29) is 10.8 Å². The molecule has 0 saturated carbocycles. The molecule has 9 heteroatoms. The van der Waals surface area contributed by atoms with Crippen LogP contribution in [0.25, 0.3) is 0 Å². The molecule has 2 aromatic carbocycles. The second-order valence-electron chi connectivity index (χ2n) is 5.74. The van der Waals surface area contributed by atoms with Crippen LogP contribution in [0.15, 0.2) is 42.6 Å². The molecular weight excluding hydrogens is 425 g/mol. The molecule has 146 valence electrons. The minimum absolute atomic E-state index is 0.215. The molecule has 0 atom stereocenters. The number of rotatable bonds is 6. The molecule has 0 aliphatic carbocycles. The maximum absolute atomic E-state index is 12.6. The predicted molar refractivity (Wildman–Crippen MR) is 110 cm³/mol. The van der Waals surface area contributed by atoms with Gasteiger partial charge in [0.2, 0.25) is 0 Å². The molecule has 1 N–H and O–H groups in total. The number of hydrogen-bond acceptors (Lipinski definition) is 4. The molecule has 6 nitrogen and oxygen atoms in total. The smallest absolute Gasteiger partial charge is 0.260 e. The van der Waals surface area contributed by atoms with Crippen molar-refractivity contribution in [2.24, 2.45) is 0 Å². The van der Waals surface area contributed by atoms with Crippen LogP contribution in [0, 0.1) is 0 Å². The van der Waals surface area contributed by atoms with Gasteiger partial charge in [-0.05, 0) is 24.3 Å². The Morgan fingerprint density at radius 2 is 1.79 bits per heavy atom. The van der Waals surface area contributed by atoms with E-state index in [1.165, 1.54) is 14.2 Å². The highest BCUT2D eigenvalue weighted by Crippen LogP contribution is 2.28. The first-order valence-corrected chi connectivity index (χ1v) is 9.25. The van der Waals surface area contributed by atoms with Gasteiger partial charge in [0.15, 0.2) is 5.82 Å². The van der Waals surface area contributed by atoms with Crippen molar-refractivity contribution >= 4 is 46.5 Å². The average molecular weight is 441 g/mol. The Bertz CT molecular complexity index is 1000. The Morgan fingerprint density at radius 1 is 1.07 bits per heavy atom. The van der Waals surface area contributed by atoms with E-state index in [9.17, 15) is 4.79 Å². The van der Waals surface area contributed by atoms with Crippen molar-refractivity contribution in [2.75, 3.05) is 19.5 Å². The van der Waals surface area contributed by atoms with Crippen LogP contribution >= 0.6 is 34.8 Å². The van der Waals surface area contributed by atoms with Crippen LogP contribution in [0.2, 0.25) is 15.1 Å². The number of methoxy groups -OCH3 is 2. The lowest BCUT2D eigenvalue weighted by molar-refractivity contribution is 0.102. The van der Waals surface area contributed by atoms with Crippen LogP contribution in [-0.4, -0.2) is 29.9 Å². The second-order valence-corrected chi connectivity index (χ2v) is 6.97. The van der Waals surface area contributed by atoms with Gasteiger partial charge in [-0.1, -0.05) is 40.9 Å². The monoisotopic (exact) mass is 439 g/mol. The number of carbonyl (C=O) groups excluding carboxylic acids is 1. The zero-order chi connectivity index (χ0) is 20.3. The topological polar surface area (TPSA) is 65.4 Å². The van der Waals surface area contributed by atoms with Gasteiger partial charge in [-0.25, -0.2) is 0 Å². The third-order valence-electron chi connectivity index (χ3n) is 3.98. The third kappa shape index (κ3) is 4.35. The van der Waals surface area contributed by atoms with E-state index in [4.69, 9.17) is 44.3 Å². The number of benzene rings is 2. The highest BCUT2D eigenvalue weighted by molar-refractivity contribution is 6.36. The van der Waals surface area contributed by atoms with Crippen LogP contribution < -0.4 is 14.8 Å². The van der Waals surface area contributed by atoms with E-state index in [2.05, 4.69) is 10.4 Å². The third-order valence-corrected chi connectivity index (χ3v) is 4.97. The van der Waals surface area contributed by atoms with Gasteiger partial charge in [0, 0.05) is 27.9 Å². The molecule has 1 heterocycles. The summed E-state index contributed by atoms with van der Waals surface area (Å²) in [7, 11) is 3.01. The lowest BCUT2D eigenvalue weighted by atomic mass is 10.1. The molecule has 28 heavy (non-hydrogen) atoms. The molecule has 0 aliphatic heterocycles. The predicted octanol–water partition coefficient (Wildman–Crippen LogP) is 5.16. The number of hydrogen-bond donors (Lipinski definition) is 1. The molecule has 0 aliphatic rings. The largest absolute Gasteiger partial charge is 0.497 e. The summed E-state index contributed by atoms with van der Waals surface area (Å²) in [6.45, 7) is 0.306. The highest BCUT2D eigenvalue weighted by atomic mass is 35.5. The van der Waals surface area contributed by atoms with Gasteiger partial charge in [0.25, 0.3) is 5.91 Å². The fraction of sp³-hybridized carbons (Fsp3) is 0.158. The SMILES string of the molecule is COc1ccc(C(=O)Nc2nn(Cc3c(Cl)cccc3Cl)cc2Cl)c(OC)c1. The Labute approximate surface area is 176 Å². The van der Waals surface area contributed by atoms with Crippen molar-refractivity contribution in [3.8, 4) is 11.5 Å². The zero-order valence-corrected chi connectivity index (χ0v) is 17.3. The summed E-state index contributed by atoms with van der Waals surface area (Å²) in [5.74, 6) is 0.748. The van der Waals surface area contributed by atoms with E-state index in [1.807, 2.05) is 0 Å². The number of amides is 1. The van der Waals surface area contributed by atoms with Crippen molar-refractivity contribution in [3.63, 3.8) is 0 Å². The first-order valence-electron chi connectivity index (χ1n) is 8.12. The molecule has 0 saturated heterocycles. The molecule has 0 fully saturated rings. The average Bonchev–Trinajstić information content (AvgIpc) is 3.03. The van der Waals surface area contributed by atoms with Gasteiger partial charge >= 0.3 is 0 Å². The Hall–Kier alpha value is -2.41. The van der Waals surface area contributed by atoms with Gasteiger partial charge in [0.1, 0.15) is 16.5 Å². The summed E-state index contributed by atoms with van der Waals surface area (Å²) in [5.41, 5.74) is 1.03. The standard InChI is InChI=1S/C19H16Cl3N3O3/c1-27-11-6-7-12(17(8-11)28-2)19(26)23-18-16(22)10-25(24-18)9-13-14(20)4-3-5-15(13)21/h3-8,10H,9H2,1-2H3,(H,23,24,26). The molecule has 1 amide bonds. The maximum Gasteiger partial charge on any atom is 0.260 e. The number of nitrogens with zero attached hydrogens (tertiary/aromatic N) is 2. The maximum atomic E-state index is 12.6. The Balaban J connectivity index is 1.81. The summed E-state index contributed by atoms with van der Waals surface area (Å²) < 4.78 is 11.9. The molecule has 3 aromatic rings. The van der Waals surface area contributed by atoms with Crippen LogP contribution in [0.1, 0.15) is 15.9 Å². The van der Waals surface area contributed by atoms with Crippen LogP contribution in [0.5, 0.6) is 11.5 Å². The first-order chi connectivity index (χ1) is 13.4. The molecule has 0 unspecified atom stereocenters. The minimum Gasteiger partial charge on any atom is -0.497 e. The summed E-state index contributed by atoms with van der Waals surface area (Å²) in [6.07, 6.45) is 1.59. The van der Waals surface area contributed by atoms with Crippen LogP contribution in [0.4, 0.5) is 5.82 Å². The Kier molecular flexibility index (Phi) is 6.34. The van der Waals surface area contributed by atoms with Crippen LogP contribution in [0.3, 0.4) is 0 Å². The normalized spacial score (nSPS) is 10.6. The number of anilines is 1. The van der Waals surface area contributed by atoms with Gasteiger partial charge in [-0.2, -0.15) is 5.10 Å². The molecular formula is C19H16Cl3N3O3. The number of aromatic nitrogens is 2. The van der Waals surface area contributed by atoms with Crippen molar-refractivity contribution in [1.29, 1.82) is 0 Å². The number of nitrogens with one attached hydrogen (secondary N) is 1. The van der Waals surface area contributed by atoms with E-state index in [0.29, 0.717) is 39.2 Å². The van der Waals surface area contributed by atoms with Crippen molar-refractivity contribution in [1.82, 2.24) is 9.78 Å². The van der Waals surface area contributed by atoms with Crippen molar-refractivity contribution in [2.45, 2.75) is 6.54 Å². The van der Waals surface area contributed by atoms with Gasteiger partial charge in [-0.15, -0.1) is 0 Å². The molecule has 3 rings (SSSR count). The van der Waals surface area contributed by atoms with E-state index >= 15 is 0 Å². The quantitative estimate of drug-likeness (QED) is 0.575. The van der Waals surface area contributed by atoms with E-state index < -0.39 is 5.91 Å². The molecule has 0 radical (unpaired) electrons. The van der Waals surface area contributed by atoms with Gasteiger partial charge < -0.3 is 14.8 Å². The second kappa shape index (κ2) is 8.73.